The second-order valence-corrected chi connectivity index (χ2v) is 5.20. The van der Waals surface area contributed by atoms with E-state index in [0.717, 1.165) is 13.1 Å². The maximum atomic E-state index is 3.59. The first-order valence-corrected chi connectivity index (χ1v) is 6.11. The van der Waals surface area contributed by atoms with Gasteiger partial charge in [0.2, 0.25) is 0 Å². The highest BCUT2D eigenvalue weighted by Gasteiger charge is 2.41. The molecule has 0 heterocycles. The van der Waals surface area contributed by atoms with Crippen LogP contribution in [0.25, 0.3) is 0 Å². The van der Waals surface area contributed by atoms with E-state index in [2.05, 4.69) is 42.7 Å². The monoisotopic (exact) mass is 218 g/mol. The van der Waals surface area contributed by atoms with E-state index in [1.54, 1.807) is 0 Å². The molecule has 0 atom stereocenters. The number of nitrogens with one attached hydrogen (secondary N) is 2. The first kappa shape index (κ1) is 11.5. The quantitative estimate of drug-likeness (QED) is 0.794. The summed E-state index contributed by atoms with van der Waals surface area (Å²) in [5.74, 6) is 0. The molecule has 0 amide bonds. The first-order chi connectivity index (χ1) is 7.65. The smallest absolute Gasteiger partial charge is 0.0370 e. The minimum atomic E-state index is 0.520. The maximum Gasteiger partial charge on any atom is 0.0370 e. The van der Waals surface area contributed by atoms with Gasteiger partial charge in [0.25, 0.3) is 0 Å². The number of benzene rings is 1. The van der Waals surface area contributed by atoms with E-state index < -0.39 is 0 Å². The summed E-state index contributed by atoms with van der Waals surface area (Å²) in [6.45, 7) is 6.54. The maximum absolute atomic E-state index is 3.59. The molecule has 1 aromatic rings. The molecule has 2 heteroatoms. The van der Waals surface area contributed by atoms with Crippen LogP contribution in [-0.4, -0.2) is 20.1 Å². The summed E-state index contributed by atoms with van der Waals surface area (Å²) in [7, 11) is 2.04. The number of aryl methyl sites for hydroxylation is 2. The van der Waals surface area contributed by atoms with Crippen LogP contribution >= 0.6 is 0 Å². The Hall–Kier alpha value is -1.02. The zero-order valence-corrected chi connectivity index (χ0v) is 10.6. The van der Waals surface area contributed by atoms with Crippen LogP contribution in [0.15, 0.2) is 18.2 Å². The van der Waals surface area contributed by atoms with Crippen molar-refractivity contribution in [2.24, 2.45) is 5.41 Å². The average Bonchev–Trinajstić information content (AvgIpc) is 2.98. The van der Waals surface area contributed by atoms with Crippen LogP contribution in [0.4, 0.5) is 5.69 Å². The summed E-state index contributed by atoms with van der Waals surface area (Å²) in [6.07, 6.45) is 2.71. The molecule has 0 spiro atoms. The number of hydrogen-bond donors (Lipinski definition) is 2. The van der Waals surface area contributed by atoms with Gasteiger partial charge in [0.05, 0.1) is 0 Å². The second-order valence-electron chi connectivity index (χ2n) is 5.20. The summed E-state index contributed by atoms with van der Waals surface area (Å²) in [5, 5.41) is 6.88. The lowest BCUT2D eigenvalue weighted by Crippen LogP contribution is -2.27. The van der Waals surface area contributed by atoms with Crippen molar-refractivity contribution >= 4 is 5.69 Å². The van der Waals surface area contributed by atoms with Crippen molar-refractivity contribution in [2.75, 3.05) is 25.5 Å². The largest absolute Gasteiger partial charge is 0.384 e. The number of hydrogen-bond acceptors (Lipinski definition) is 2. The van der Waals surface area contributed by atoms with Gasteiger partial charge in [-0.25, -0.2) is 0 Å². The normalized spacial score (nSPS) is 17.2. The summed E-state index contributed by atoms with van der Waals surface area (Å²) >= 11 is 0. The van der Waals surface area contributed by atoms with Gasteiger partial charge in [0, 0.05) is 24.2 Å². The molecule has 1 saturated carbocycles. The van der Waals surface area contributed by atoms with E-state index in [1.807, 2.05) is 7.05 Å². The Morgan fingerprint density at radius 2 is 1.94 bits per heavy atom. The van der Waals surface area contributed by atoms with Gasteiger partial charge >= 0.3 is 0 Å². The zero-order chi connectivity index (χ0) is 11.6. The Kier molecular flexibility index (Phi) is 3.20. The Balaban J connectivity index is 1.94. The van der Waals surface area contributed by atoms with Crippen LogP contribution in [0.5, 0.6) is 0 Å². The summed E-state index contributed by atoms with van der Waals surface area (Å²) < 4.78 is 0. The topological polar surface area (TPSA) is 24.1 Å². The minimum absolute atomic E-state index is 0.520. The standard InChI is InChI=1S/C14H22N2/c1-11-4-5-13(12(2)8-11)16-10-14(6-7-14)9-15-3/h4-5,8,15-16H,6-7,9-10H2,1-3H3. The SMILES string of the molecule is CNCC1(CNc2ccc(C)cc2C)CC1. The van der Waals surface area contributed by atoms with E-state index >= 15 is 0 Å². The molecule has 2 rings (SSSR count). The van der Waals surface area contributed by atoms with E-state index in [0.29, 0.717) is 5.41 Å². The highest BCUT2D eigenvalue weighted by Crippen LogP contribution is 2.45. The van der Waals surface area contributed by atoms with Crippen LogP contribution in [0.2, 0.25) is 0 Å². The highest BCUT2D eigenvalue weighted by molar-refractivity contribution is 5.52. The van der Waals surface area contributed by atoms with Gasteiger partial charge in [-0.2, -0.15) is 0 Å². The molecule has 16 heavy (non-hydrogen) atoms. The van der Waals surface area contributed by atoms with Gasteiger partial charge < -0.3 is 10.6 Å². The summed E-state index contributed by atoms with van der Waals surface area (Å²) in [5.41, 5.74) is 4.49. The molecule has 1 aliphatic rings. The van der Waals surface area contributed by atoms with Crippen LogP contribution in [0.3, 0.4) is 0 Å². The number of rotatable bonds is 5. The molecule has 1 aromatic carbocycles. The molecule has 1 fully saturated rings. The highest BCUT2D eigenvalue weighted by atomic mass is 14.9. The molecular formula is C14H22N2. The molecule has 2 N–H and O–H groups in total. The first-order valence-electron chi connectivity index (χ1n) is 6.11. The van der Waals surface area contributed by atoms with Crippen LogP contribution in [0, 0.1) is 19.3 Å². The van der Waals surface area contributed by atoms with Gasteiger partial charge in [-0.1, -0.05) is 17.7 Å². The van der Waals surface area contributed by atoms with Crippen molar-refractivity contribution in [3.63, 3.8) is 0 Å². The molecule has 0 unspecified atom stereocenters. The van der Waals surface area contributed by atoms with Crippen LogP contribution in [0.1, 0.15) is 24.0 Å². The van der Waals surface area contributed by atoms with Crippen LogP contribution in [-0.2, 0) is 0 Å². The van der Waals surface area contributed by atoms with E-state index in [-0.39, 0.29) is 0 Å². The lowest BCUT2D eigenvalue weighted by Gasteiger charge is -2.17. The molecule has 0 aromatic heterocycles. The lowest BCUT2D eigenvalue weighted by atomic mass is 10.1. The molecule has 0 bridgehead atoms. The van der Waals surface area contributed by atoms with Gasteiger partial charge in [-0.05, 0) is 45.4 Å². The Labute approximate surface area is 98.4 Å². The zero-order valence-electron chi connectivity index (χ0n) is 10.6. The molecule has 1 aliphatic carbocycles. The van der Waals surface area contributed by atoms with Gasteiger partial charge in [0.15, 0.2) is 0 Å². The summed E-state index contributed by atoms with van der Waals surface area (Å²) in [6, 6.07) is 6.60. The fourth-order valence-electron chi connectivity index (χ4n) is 2.26. The van der Waals surface area contributed by atoms with Crippen molar-refractivity contribution in [2.45, 2.75) is 26.7 Å². The van der Waals surface area contributed by atoms with Crippen molar-refractivity contribution in [1.82, 2.24) is 5.32 Å². The molecule has 2 nitrogen and oxygen atoms in total. The van der Waals surface area contributed by atoms with Crippen molar-refractivity contribution in [1.29, 1.82) is 0 Å². The molecule has 0 aliphatic heterocycles. The van der Waals surface area contributed by atoms with Crippen molar-refractivity contribution < 1.29 is 0 Å². The minimum Gasteiger partial charge on any atom is -0.384 e. The Morgan fingerprint density at radius 3 is 2.50 bits per heavy atom. The third-order valence-corrected chi connectivity index (χ3v) is 3.54. The molecule has 0 saturated heterocycles. The fourth-order valence-corrected chi connectivity index (χ4v) is 2.26. The average molecular weight is 218 g/mol. The second kappa shape index (κ2) is 4.46. The summed E-state index contributed by atoms with van der Waals surface area (Å²) in [4.78, 5) is 0. The van der Waals surface area contributed by atoms with E-state index in [1.165, 1.54) is 29.7 Å². The van der Waals surface area contributed by atoms with Gasteiger partial charge in [0.1, 0.15) is 0 Å². The van der Waals surface area contributed by atoms with E-state index in [4.69, 9.17) is 0 Å². The molecular weight excluding hydrogens is 196 g/mol. The van der Waals surface area contributed by atoms with Gasteiger partial charge in [-0.15, -0.1) is 0 Å². The molecule has 88 valence electrons. The van der Waals surface area contributed by atoms with Gasteiger partial charge in [-0.3, -0.25) is 0 Å². The Bertz CT molecular complexity index is 367. The predicted molar refractivity (Wildman–Crippen MR) is 70.0 cm³/mol. The van der Waals surface area contributed by atoms with Crippen molar-refractivity contribution in [3.8, 4) is 0 Å². The lowest BCUT2D eigenvalue weighted by molar-refractivity contribution is 0.507. The Morgan fingerprint density at radius 1 is 1.19 bits per heavy atom. The van der Waals surface area contributed by atoms with E-state index in [9.17, 15) is 0 Å². The number of anilines is 1. The van der Waals surface area contributed by atoms with Crippen molar-refractivity contribution in [3.05, 3.63) is 29.3 Å². The molecule has 0 radical (unpaired) electrons. The fraction of sp³-hybridized carbons (Fsp3) is 0.571. The predicted octanol–water partition coefficient (Wildman–Crippen LogP) is 2.71. The van der Waals surface area contributed by atoms with Crippen LogP contribution < -0.4 is 10.6 Å². The third-order valence-electron chi connectivity index (χ3n) is 3.54. The third kappa shape index (κ3) is 2.56.